The molecule has 1 unspecified atom stereocenters. The summed E-state index contributed by atoms with van der Waals surface area (Å²) in [4.78, 5) is 2.21. The number of benzene rings is 1. The molecule has 0 saturated heterocycles. The molecule has 0 aromatic heterocycles. The Morgan fingerprint density at radius 3 is 2.56 bits per heavy atom. The Bertz CT molecular complexity index is 313. The second-order valence-corrected chi connectivity index (χ2v) is 5.57. The van der Waals surface area contributed by atoms with Crippen molar-refractivity contribution in [3.63, 3.8) is 0 Å². The van der Waals surface area contributed by atoms with Gasteiger partial charge in [-0.1, -0.05) is 24.3 Å². The zero-order valence-corrected chi connectivity index (χ0v) is 11.3. The fourth-order valence-corrected chi connectivity index (χ4v) is 2.95. The smallest absolute Gasteiger partial charge is 0.0422 e. The summed E-state index contributed by atoms with van der Waals surface area (Å²) in [5.41, 5.74) is 8.58. The lowest BCUT2D eigenvalue weighted by atomic mass is 10.1. The average molecular weight is 238 g/mol. The molecule has 0 radical (unpaired) electrons. The molecule has 1 rings (SSSR count). The minimum absolute atomic E-state index is 0.432. The molecular weight excluding hydrogens is 216 g/mol. The maximum absolute atomic E-state index is 5.86. The third-order valence-corrected chi connectivity index (χ3v) is 3.87. The first kappa shape index (κ1) is 13.6. The molecule has 1 aromatic rings. The predicted molar refractivity (Wildman–Crippen MR) is 74.0 cm³/mol. The topological polar surface area (TPSA) is 29.3 Å². The largest absolute Gasteiger partial charge is 0.329 e. The van der Waals surface area contributed by atoms with Crippen LogP contribution in [0.15, 0.2) is 24.3 Å². The van der Waals surface area contributed by atoms with Crippen LogP contribution in [-0.2, 0) is 0 Å². The SMILES string of the molecule is Cc1ccccc1C(CN)SCCN(C)C. The molecule has 1 atom stereocenters. The zero-order valence-electron chi connectivity index (χ0n) is 10.4. The van der Waals surface area contributed by atoms with Crippen LogP contribution in [-0.4, -0.2) is 37.8 Å². The summed E-state index contributed by atoms with van der Waals surface area (Å²) in [5.74, 6) is 1.13. The molecular formula is C13H22N2S. The van der Waals surface area contributed by atoms with Crippen molar-refractivity contribution < 1.29 is 0 Å². The summed E-state index contributed by atoms with van der Waals surface area (Å²) < 4.78 is 0. The van der Waals surface area contributed by atoms with Gasteiger partial charge in [0, 0.05) is 24.1 Å². The molecule has 2 N–H and O–H groups in total. The molecule has 0 spiro atoms. The molecule has 0 aliphatic carbocycles. The molecule has 0 saturated carbocycles. The van der Waals surface area contributed by atoms with Crippen LogP contribution in [0.4, 0.5) is 0 Å². The molecule has 0 fully saturated rings. The number of nitrogens with zero attached hydrogens (tertiary/aromatic N) is 1. The standard InChI is InChI=1S/C13H22N2S/c1-11-6-4-5-7-12(11)13(10-14)16-9-8-15(2)3/h4-7,13H,8-10,14H2,1-3H3. The van der Waals surface area contributed by atoms with E-state index in [9.17, 15) is 0 Å². The Labute approximate surface area is 103 Å². The van der Waals surface area contributed by atoms with Gasteiger partial charge in [0.2, 0.25) is 0 Å². The monoisotopic (exact) mass is 238 g/mol. The Kier molecular flexibility index (Phi) is 5.88. The number of hydrogen-bond acceptors (Lipinski definition) is 3. The quantitative estimate of drug-likeness (QED) is 0.824. The summed E-state index contributed by atoms with van der Waals surface area (Å²) in [5, 5.41) is 0.432. The Morgan fingerprint density at radius 2 is 2.00 bits per heavy atom. The fraction of sp³-hybridized carbons (Fsp3) is 0.538. The Hall–Kier alpha value is -0.510. The molecule has 0 aliphatic rings. The second kappa shape index (κ2) is 6.94. The van der Waals surface area contributed by atoms with Crippen molar-refractivity contribution in [1.82, 2.24) is 4.90 Å². The van der Waals surface area contributed by atoms with E-state index in [0.717, 1.165) is 12.3 Å². The van der Waals surface area contributed by atoms with Crippen LogP contribution in [0, 0.1) is 6.92 Å². The lowest BCUT2D eigenvalue weighted by Crippen LogP contribution is -2.17. The van der Waals surface area contributed by atoms with Gasteiger partial charge in [0.05, 0.1) is 0 Å². The highest BCUT2D eigenvalue weighted by Crippen LogP contribution is 2.29. The van der Waals surface area contributed by atoms with Crippen LogP contribution >= 0.6 is 11.8 Å². The Balaban J connectivity index is 2.57. The van der Waals surface area contributed by atoms with E-state index < -0.39 is 0 Å². The summed E-state index contributed by atoms with van der Waals surface area (Å²) in [6.07, 6.45) is 0. The van der Waals surface area contributed by atoms with Gasteiger partial charge >= 0.3 is 0 Å². The highest BCUT2D eigenvalue weighted by atomic mass is 32.2. The predicted octanol–water partition coefficient (Wildman–Crippen LogP) is 2.29. The van der Waals surface area contributed by atoms with Gasteiger partial charge in [0.1, 0.15) is 0 Å². The molecule has 0 bridgehead atoms. The van der Waals surface area contributed by atoms with Crippen molar-refractivity contribution >= 4 is 11.8 Å². The van der Waals surface area contributed by atoms with Crippen LogP contribution in [0.5, 0.6) is 0 Å². The molecule has 3 heteroatoms. The third-order valence-electron chi connectivity index (χ3n) is 2.61. The summed E-state index contributed by atoms with van der Waals surface area (Å²) in [6, 6.07) is 8.52. The van der Waals surface area contributed by atoms with Gasteiger partial charge in [-0.2, -0.15) is 11.8 Å². The van der Waals surface area contributed by atoms with Crippen LogP contribution in [0.2, 0.25) is 0 Å². The summed E-state index contributed by atoms with van der Waals surface area (Å²) >= 11 is 1.95. The maximum Gasteiger partial charge on any atom is 0.0422 e. The van der Waals surface area contributed by atoms with Crippen molar-refractivity contribution in [3.8, 4) is 0 Å². The van der Waals surface area contributed by atoms with Crippen molar-refractivity contribution in [1.29, 1.82) is 0 Å². The van der Waals surface area contributed by atoms with Crippen molar-refractivity contribution in [2.75, 3.05) is 32.9 Å². The fourth-order valence-electron chi connectivity index (χ4n) is 1.61. The highest BCUT2D eigenvalue weighted by molar-refractivity contribution is 7.99. The van der Waals surface area contributed by atoms with E-state index in [1.807, 2.05) is 11.8 Å². The van der Waals surface area contributed by atoms with Gasteiger partial charge in [-0.3, -0.25) is 0 Å². The van der Waals surface area contributed by atoms with Gasteiger partial charge in [0.15, 0.2) is 0 Å². The van der Waals surface area contributed by atoms with Crippen LogP contribution < -0.4 is 5.73 Å². The molecule has 0 amide bonds. The second-order valence-electron chi connectivity index (χ2n) is 4.25. The summed E-state index contributed by atoms with van der Waals surface area (Å²) in [6.45, 7) is 3.97. The van der Waals surface area contributed by atoms with E-state index in [4.69, 9.17) is 5.73 Å². The van der Waals surface area contributed by atoms with E-state index >= 15 is 0 Å². The van der Waals surface area contributed by atoms with E-state index in [1.54, 1.807) is 0 Å². The number of aryl methyl sites for hydroxylation is 1. The van der Waals surface area contributed by atoms with Crippen LogP contribution in [0.25, 0.3) is 0 Å². The van der Waals surface area contributed by atoms with Crippen LogP contribution in [0.1, 0.15) is 16.4 Å². The van der Waals surface area contributed by atoms with E-state index in [0.29, 0.717) is 11.8 Å². The normalized spacial score (nSPS) is 13.1. The van der Waals surface area contributed by atoms with Gasteiger partial charge in [-0.15, -0.1) is 0 Å². The van der Waals surface area contributed by atoms with Gasteiger partial charge in [0.25, 0.3) is 0 Å². The Morgan fingerprint density at radius 1 is 1.31 bits per heavy atom. The first-order chi connectivity index (χ1) is 7.65. The summed E-state index contributed by atoms with van der Waals surface area (Å²) in [7, 11) is 4.21. The molecule has 1 aromatic carbocycles. The number of thioether (sulfide) groups is 1. The van der Waals surface area contributed by atoms with Gasteiger partial charge in [-0.05, 0) is 32.1 Å². The first-order valence-electron chi connectivity index (χ1n) is 5.67. The molecule has 0 heterocycles. The number of rotatable bonds is 6. The van der Waals surface area contributed by atoms with Crippen molar-refractivity contribution in [3.05, 3.63) is 35.4 Å². The van der Waals surface area contributed by atoms with Crippen LogP contribution in [0.3, 0.4) is 0 Å². The van der Waals surface area contributed by atoms with E-state index in [-0.39, 0.29) is 0 Å². The van der Waals surface area contributed by atoms with Gasteiger partial charge < -0.3 is 10.6 Å². The molecule has 90 valence electrons. The van der Waals surface area contributed by atoms with Gasteiger partial charge in [-0.25, -0.2) is 0 Å². The minimum atomic E-state index is 0.432. The third kappa shape index (κ3) is 4.16. The number of hydrogen-bond donors (Lipinski definition) is 1. The highest BCUT2D eigenvalue weighted by Gasteiger charge is 2.11. The zero-order chi connectivity index (χ0) is 12.0. The maximum atomic E-state index is 5.86. The average Bonchev–Trinajstić information content (AvgIpc) is 2.25. The lowest BCUT2D eigenvalue weighted by molar-refractivity contribution is 0.437. The van der Waals surface area contributed by atoms with Crippen molar-refractivity contribution in [2.24, 2.45) is 5.73 Å². The number of nitrogens with two attached hydrogens (primary N) is 1. The van der Waals surface area contributed by atoms with E-state index in [2.05, 4.69) is 50.2 Å². The first-order valence-corrected chi connectivity index (χ1v) is 6.72. The van der Waals surface area contributed by atoms with E-state index in [1.165, 1.54) is 11.1 Å². The molecule has 0 aliphatic heterocycles. The molecule has 2 nitrogen and oxygen atoms in total. The minimum Gasteiger partial charge on any atom is -0.329 e. The van der Waals surface area contributed by atoms with Crippen molar-refractivity contribution in [2.45, 2.75) is 12.2 Å². The molecule has 16 heavy (non-hydrogen) atoms. The lowest BCUT2D eigenvalue weighted by Gasteiger charge is -2.18.